The van der Waals surface area contributed by atoms with Crippen molar-refractivity contribution in [1.29, 1.82) is 0 Å². The van der Waals surface area contributed by atoms with Crippen molar-refractivity contribution in [1.82, 2.24) is 14.6 Å². The highest BCUT2D eigenvalue weighted by Crippen LogP contribution is 2.28. The highest BCUT2D eigenvalue weighted by molar-refractivity contribution is 9.10. The maximum absolute atomic E-state index is 5.37. The van der Waals surface area contributed by atoms with Gasteiger partial charge in [0.15, 0.2) is 5.65 Å². The van der Waals surface area contributed by atoms with E-state index in [1.165, 1.54) is 0 Å². The molecule has 5 heteroatoms. The fourth-order valence-electron chi connectivity index (χ4n) is 2.02. The van der Waals surface area contributed by atoms with Gasteiger partial charge in [-0.3, -0.25) is 0 Å². The second-order valence-corrected chi connectivity index (χ2v) is 4.93. The Hall–Kier alpha value is -1.88. The molecule has 0 radical (unpaired) electrons. The van der Waals surface area contributed by atoms with Crippen LogP contribution in [0.25, 0.3) is 16.9 Å². The van der Waals surface area contributed by atoms with Crippen molar-refractivity contribution >= 4 is 21.6 Å². The van der Waals surface area contributed by atoms with Crippen LogP contribution in [-0.2, 0) is 0 Å². The molecule has 0 fully saturated rings. The van der Waals surface area contributed by atoms with Gasteiger partial charge in [-0.1, -0.05) is 12.1 Å². The van der Waals surface area contributed by atoms with Gasteiger partial charge >= 0.3 is 0 Å². The number of nitrogens with zero attached hydrogens (tertiary/aromatic N) is 3. The van der Waals surface area contributed by atoms with Crippen molar-refractivity contribution in [2.24, 2.45) is 0 Å². The molecule has 0 aliphatic carbocycles. The molecule has 2 aromatic heterocycles. The van der Waals surface area contributed by atoms with Gasteiger partial charge in [0.2, 0.25) is 0 Å². The molecular weight excluding hydrogens is 306 g/mol. The summed E-state index contributed by atoms with van der Waals surface area (Å²) in [6.07, 6.45) is 0. The maximum atomic E-state index is 5.37. The summed E-state index contributed by atoms with van der Waals surface area (Å²) in [4.78, 5) is 4.41. The van der Waals surface area contributed by atoms with E-state index >= 15 is 0 Å². The van der Waals surface area contributed by atoms with Gasteiger partial charge in [-0.2, -0.15) is 5.10 Å². The molecule has 0 atom stereocenters. The van der Waals surface area contributed by atoms with Gasteiger partial charge in [0.05, 0.1) is 18.5 Å². The smallest absolute Gasteiger partial charge is 0.155 e. The molecule has 19 heavy (non-hydrogen) atoms. The van der Waals surface area contributed by atoms with Crippen molar-refractivity contribution in [3.05, 3.63) is 46.7 Å². The lowest BCUT2D eigenvalue weighted by Gasteiger charge is -2.07. The second-order valence-electron chi connectivity index (χ2n) is 4.18. The van der Waals surface area contributed by atoms with Crippen LogP contribution >= 0.6 is 15.9 Å². The first kappa shape index (κ1) is 12.2. The predicted molar refractivity (Wildman–Crippen MR) is 77.4 cm³/mol. The van der Waals surface area contributed by atoms with Crippen molar-refractivity contribution in [3.8, 4) is 17.0 Å². The number of benzene rings is 1. The van der Waals surface area contributed by atoms with Crippen LogP contribution in [-0.4, -0.2) is 21.7 Å². The highest BCUT2D eigenvalue weighted by atomic mass is 79.9. The lowest BCUT2D eigenvalue weighted by Crippen LogP contribution is -1.96. The Morgan fingerprint density at radius 1 is 1.16 bits per heavy atom. The zero-order valence-corrected chi connectivity index (χ0v) is 12.2. The number of hydrogen-bond donors (Lipinski definition) is 0. The number of imidazole rings is 1. The average Bonchev–Trinajstić information content (AvgIpc) is 2.74. The number of methoxy groups -OCH3 is 1. The molecule has 0 aliphatic rings. The van der Waals surface area contributed by atoms with Gasteiger partial charge in [0.1, 0.15) is 10.4 Å². The fraction of sp³-hybridized carbons (Fsp3) is 0.143. The van der Waals surface area contributed by atoms with Gasteiger partial charge in [0.25, 0.3) is 0 Å². The molecular formula is C14H12BrN3O. The van der Waals surface area contributed by atoms with E-state index in [1.807, 2.05) is 43.3 Å². The van der Waals surface area contributed by atoms with Crippen molar-refractivity contribution < 1.29 is 4.74 Å². The molecule has 0 saturated carbocycles. The Morgan fingerprint density at radius 3 is 2.74 bits per heavy atom. The quantitative estimate of drug-likeness (QED) is 0.726. The summed E-state index contributed by atoms with van der Waals surface area (Å²) < 4.78 is 8.03. The third kappa shape index (κ3) is 2.00. The van der Waals surface area contributed by atoms with Crippen LogP contribution < -0.4 is 4.74 Å². The first-order valence-electron chi connectivity index (χ1n) is 5.86. The van der Waals surface area contributed by atoms with Crippen molar-refractivity contribution in [2.75, 3.05) is 7.11 Å². The van der Waals surface area contributed by atoms with Gasteiger partial charge in [-0.15, -0.1) is 0 Å². The number of aryl methyl sites for hydroxylation is 1. The van der Waals surface area contributed by atoms with E-state index < -0.39 is 0 Å². The lowest BCUT2D eigenvalue weighted by atomic mass is 10.1. The van der Waals surface area contributed by atoms with Crippen LogP contribution in [0.3, 0.4) is 0 Å². The minimum atomic E-state index is 0.808. The normalized spacial score (nSPS) is 10.9. The molecule has 0 amide bonds. The van der Waals surface area contributed by atoms with Crippen LogP contribution in [0, 0.1) is 6.92 Å². The standard InChI is InChI=1S/C14H12BrN3O/c1-9-14(15)18-13(16-9)8-7-11(17-18)10-5-3-4-6-12(10)19-2/h3-8H,1-2H3. The maximum Gasteiger partial charge on any atom is 0.155 e. The van der Waals surface area contributed by atoms with Crippen molar-refractivity contribution in [3.63, 3.8) is 0 Å². The SMILES string of the molecule is COc1ccccc1-c1ccc2nc(C)c(Br)n2n1. The Morgan fingerprint density at radius 2 is 1.95 bits per heavy atom. The van der Waals surface area contributed by atoms with Gasteiger partial charge in [0, 0.05) is 5.56 Å². The van der Waals surface area contributed by atoms with E-state index in [1.54, 1.807) is 11.6 Å². The number of para-hydroxylation sites is 1. The number of halogens is 1. The topological polar surface area (TPSA) is 39.4 Å². The van der Waals surface area contributed by atoms with Gasteiger partial charge in [-0.05, 0) is 47.1 Å². The molecule has 0 N–H and O–H groups in total. The van der Waals surface area contributed by atoms with Crippen LogP contribution in [0.2, 0.25) is 0 Å². The monoisotopic (exact) mass is 317 g/mol. The molecule has 4 nitrogen and oxygen atoms in total. The summed E-state index contributed by atoms with van der Waals surface area (Å²) in [5.41, 5.74) is 3.56. The Balaban J connectivity index is 2.23. The number of hydrogen-bond acceptors (Lipinski definition) is 3. The van der Waals surface area contributed by atoms with Crippen LogP contribution in [0.1, 0.15) is 5.69 Å². The van der Waals surface area contributed by atoms with E-state index in [4.69, 9.17) is 4.74 Å². The summed E-state index contributed by atoms with van der Waals surface area (Å²) in [7, 11) is 1.66. The highest BCUT2D eigenvalue weighted by Gasteiger charge is 2.11. The second kappa shape index (κ2) is 4.66. The summed E-state index contributed by atoms with van der Waals surface area (Å²) in [6, 6.07) is 11.7. The molecule has 96 valence electrons. The number of ether oxygens (including phenoxy) is 1. The zero-order chi connectivity index (χ0) is 13.4. The number of aromatic nitrogens is 3. The molecule has 2 heterocycles. The third-order valence-corrected chi connectivity index (χ3v) is 3.87. The zero-order valence-electron chi connectivity index (χ0n) is 10.6. The molecule has 1 aromatic carbocycles. The fourth-order valence-corrected chi connectivity index (χ4v) is 2.37. The number of fused-ring (bicyclic) bond motifs is 1. The Bertz CT molecular complexity index is 752. The molecule has 0 aliphatic heterocycles. The lowest BCUT2D eigenvalue weighted by molar-refractivity contribution is 0.416. The summed E-state index contributed by atoms with van der Waals surface area (Å²) >= 11 is 3.50. The summed E-state index contributed by atoms with van der Waals surface area (Å²) in [6.45, 7) is 1.95. The van der Waals surface area contributed by atoms with E-state index in [2.05, 4.69) is 26.0 Å². The molecule has 0 saturated heterocycles. The average molecular weight is 318 g/mol. The Kier molecular flexibility index (Phi) is 2.98. The predicted octanol–water partition coefficient (Wildman–Crippen LogP) is 3.48. The molecule has 3 rings (SSSR count). The van der Waals surface area contributed by atoms with Crippen LogP contribution in [0.5, 0.6) is 5.75 Å². The molecule has 3 aromatic rings. The summed E-state index contributed by atoms with van der Waals surface area (Å²) in [5.74, 6) is 0.808. The third-order valence-electron chi connectivity index (χ3n) is 2.96. The van der Waals surface area contributed by atoms with E-state index in [-0.39, 0.29) is 0 Å². The largest absolute Gasteiger partial charge is 0.496 e. The molecule has 0 bridgehead atoms. The first-order chi connectivity index (χ1) is 9.20. The molecule has 0 unspecified atom stereocenters. The minimum absolute atomic E-state index is 0.808. The first-order valence-corrected chi connectivity index (χ1v) is 6.65. The minimum Gasteiger partial charge on any atom is -0.496 e. The van der Waals surface area contributed by atoms with E-state index in [0.717, 1.165) is 33.0 Å². The van der Waals surface area contributed by atoms with Crippen LogP contribution in [0.4, 0.5) is 0 Å². The van der Waals surface area contributed by atoms with Crippen LogP contribution in [0.15, 0.2) is 41.0 Å². The number of rotatable bonds is 2. The summed E-state index contributed by atoms with van der Waals surface area (Å²) in [5, 5.41) is 4.60. The molecule has 0 spiro atoms. The Labute approximate surface area is 119 Å². The van der Waals surface area contributed by atoms with E-state index in [0.29, 0.717) is 0 Å². The van der Waals surface area contributed by atoms with Crippen molar-refractivity contribution in [2.45, 2.75) is 6.92 Å². The van der Waals surface area contributed by atoms with Gasteiger partial charge < -0.3 is 4.74 Å². The van der Waals surface area contributed by atoms with Gasteiger partial charge in [-0.25, -0.2) is 9.50 Å². The van der Waals surface area contributed by atoms with E-state index in [9.17, 15) is 0 Å².